The van der Waals surface area contributed by atoms with Crippen LogP contribution < -0.4 is 11.1 Å². The smallest absolute Gasteiger partial charge is 0.390 e. The second kappa shape index (κ2) is 12.9. The molecule has 1 amide bonds. The van der Waals surface area contributed by atoms with E-state index in [0.717, 1.165) is 51.4 Å². The van der Waals surface area contributed by atoms with Crippen LogP contribution in [0.2, 0.25) is 0 Å². The van der Waals surface area contributed by atoms with Gasteiger partial charge < -0.3 is 16.0 Å². The third kappa shape index (κ3) is 8.07. The molecule has 2 fully saturated rings. The van der Waals surface area contributed by atoms with E-state index in [4.69, 9.17) is 5.73 Å². The van der Waals surface area contributed by atoms with Gasteiger partial charge in [0.25, 0.3) is 0 Å². The number of nitrogens with two attached hydrogens (primary N) is 1. The molecule has 200 valence electrons. The van der Waals surface area contributed by atoms with Crippen LogP contribution in [0.4, 0.5) is 18.9 Å². The van der Waals surface area contributed by atoms with E-state index in [-0.39, 0.29) is 18.5 Å². The molecule has 0 unspecified atom stereocenters. The van der Waals surface area contributed by atoms with E-state index in [2.05, 4.69) is 39.1 Å². The number of aliphatic imine (C=N–C) groups is 2. The number of carbonyl (C=O) groups is 1. The van der Waals surface area contributed by atoms with Crippen LogP contribution in [-0.4, -0.2) is 83.1 Å². The maximum atomic E-state index is 13.9. The van der Waals surface area contributed by atoms with Gasteiger partial charge >= 0.3 is 6.18 Å². The van der Waals surface area contributed by atoms with E-state index >= 15 is 0 Å². The number of halogens is 3. The minimum Gasteiger partial charge on any atom is -0.390 e. The summed E-state index contributed by atoms with van der Waals surface area (Å²) in [4.78, 5) is 23.9. The van der Waals surface area contributed by atoms with E-state index in [0.29, 0.717) is 37.5 Å². The number of hydrogen-bond donors (Lipinski definition) is 2. The van der Waals surface area contributed by atoms with Gasteiger partial charge in [-0.25, -0.2) is 4.99 Å². The number of carbonyl (C=O) groups excluding carboxylic acids is 1. The van der Waals surface area contributed by atoms with E-state index < -0.39 is 17.6 Å². The predicted octanol–water partition coefficient (Wildman–Crippen LogP) is 3.43. The molecule has 12 heteroatoms. The van der Waals surface area contributed by atoms with E-state index in [1.807, 2.05) is 0 Å². The summed E-state index contributed by atoms with van der Waals surface area (Å²) in [6, 6.07) is 0.209. The molecule has 3 heterocycles. The Hall–Kier alpha value is -2.89. The van der Waals surface area contributed by atoms with Gasteiger partial charge in [-0.05, 0) is 25.2 Å². The number of amidine groups is 1. The third-order valence-electron chi connectivity index (χ3n) is 6.18. The number of nitrogens with zero attached hydrogens (tertiary/aromatic N) is 6. The molecule has 3 rings (SSSR count). The molecule has 0 saturated carbocycles. The molecule has 0 aliphatic carbocycles. The lowest BCUT2D eigenvalue weighted by Gasteiger charge is -2.40. The lowest BCUT2D eigenvalue weighted by atomic mass is 10.1. The lowest BCUT2D eigenvalue weighted by molar-refractivity contribution is -0.130. The second-order valence-electron chi connectivity index (χ2n) is 9.70. The summed E-state index contributed by atoms with van der Waals surface area (Å²) in [5.41, 5.74) is 4.72. The maximum absolute atomic E-state index is 13.9. The molecule has 0 aromatic carbocycles. The number of likely N-dealkylation sites (tertiary alicyclic amines) is 2. The van der Waals surface area contributed by atoms with Crippen molar-refractivity contribution in [2.24, 2.45) is 21.6 Å². The number of alkyl halides is 3. The highest BCUT2D eigenvalue weighted by Gasteiger charge is 2.37. The second-order valence-corrected chi connectivity index (χ2v) is 9.70. The van der Waals surface area contributed by atoms with E-state index in [1.54, 1.807) is 15.8 Å². The molecule has 3 N–H and O–H groups in total. The highest BCUT2D eigenvalue weighted by atomic mass is 19.4. The summed E-state index contributed by atoms with van der Waals surface area (Å²) in [5.74, 6) is 0.165. The first-order valence-electron chi connectivity index (χ1n) is 12.5. The Kier molecular flexibility index (Phi) is 9.91. The van der Waals surface area contributed by atoms with Crippen molar-refractivity contribution in [1.29, 1.82) is 0 Å². The predicted molar refractivity (Wildman–Crippen MR) is 135 cm³/mol. The zero-order valence-electron chi connectivity index (χ0n) is 21.0. The maximum Gasteiger partial charge on any atom is 0.421 e. The van der Waals surface area contributed by atoms with Gasteiger partial charge in [0.05, 0.1) is 24.3 Å². The topological polar surface area (TPSA) is 104 Å². The van der Waals surface area contributed by atoms with Crippen molar-refractivity contribution in [3.05, 3.63) is 24.2 Å². The summed E-state index contributed by atoms with van der Waals surface area (Å²) < 4.78 is 43.3. The molecular weight excluding hydrogens is 473 g/mol. The first-order chi connectivity index (χ1) is 17.2. The Morgan fingerprint density at radius 3 is 2.78 bits per heavy atom. The van der Waals surface area contributed by atoms with E-state index in [1.165, 1.54) is 6.20 Å². The summed E-state index contributed by atoms with van der Waals surface area (Å²) >= 11 is 0. The Labute approximate surface area is 210 Å². The Morgan fingerprint density at radius 2 is 2.08 bits per heavy atom. The van der Waals surface area contributed by atoms with Crippen LogP contribution in [0.1, 0.15) is 52.0 Å². The van der Waals surface area contributed by atoms with Crippen molar-refractivity contribution in [2.45, 2.75) is 58.2 Å². The average Bonchev–Trinajstić information content (AvgIpc) is 3.14. The van der Waals surface area contributed by atoms with Gasteiger partial charge in [-0.15, -0.1) is 0 Å². The molecule has 2 aliphatic heterocycles. The van der Waals surface area contributed by atoms with Crippen molar-refractivity contribution >= 4 is 23.8 Å². The van der Waals surface area contributed by atoms with Gasteiger partial charge in [0.1, 0.15) is 5.57 Å². The van der Waals surface area contributed by atoms with Crippen LogP contribution >= 0.6 is 0 Å². The van der Waals surface area contributed by atoms with Crippen LogP contribution in [0.5, 0.6) is 0 Å². The van der Waals surface area contributed by atoms with Crippen LogP contribution in [0.15, 0.2) is 34.2 Å². The Balaban J connectivity index is 1.62. The largest absolute Gasteiger partial charge is 0.421 e. The molecule has 0 spiro atoms. The summed E-state index contributed by atoms with van der Waals surface area (Å²) in [5, 5.41) is 6.98. The van der Waals surface area contributed by atoms with Crippen molar-refractivity contribution in [3.8, 4) is 0 Å². The number of anilines is 1. The molecule has 9 nitrogen and oxygen atoms in total. The number of hydrogen-bond acceptors (Lipinski definition) is 5. The standard InChI is InChI=1S/C24H37F3N8O/c1-18(2)13-33-15-20(16-33)35-14-19(11-32-35)30-12-21(24(25,26)27)23(31-17-28)29-8-6-10-34-9-5-3-4-7-22(34)36/h11-12,14,17-18,20,30H,3-10,13,15-16H2,1-2H3,(H2,28,29,31). The fourth-order valence-electron chi connectivity index (χ4n) is 4.40. The van der Waals surface area contributed by atoms with Gasteiger partial charge in [0.15, 0.2) is 5.84 Å². The highest BCUT2D eigenvalue weighted by Crippen LogP contribution is 2.28. The Morgan fingerprint density at radius 1 is 1.31 bits per heavy atom. The van der Waals surface area contributed by atoms with Crippen LogP contribution in [0.25, 0.3) is 0 Å². The zero-order valence-corrected chi connectivity index (χ0v) is 21.0. The van der Waals surface area contributed by atoms with Crippen molar-refractivity contribution in [1.82, 2.24) is 19.6 Å². The fourth-order valence-corrected chi connectivity index (χ4v) is 4.40. The monoisotopic (exact) mass is 510 g/mol. The van der Waals surface area contributed by atoms with Crippen LogP contribution in [-0.2, 0) is 4.79 Å². The SMILES string of the molecule is CC(C)CN1CC(n2cc(NC=C(C(N=CN)=NCCCN3CCCCCC3=O)C(F)(F)F)cn2)C1. The minimum absolute atomic E-state index is 0.0897. The quantitative estimate of drug-likeness (QED) is 0.285. The molecule has 0 atom stereocenters. The van der Waals surface area contributed by atoms with E-state index in [9.17, 15) is 18.0 Å². The van der Waals surface area contributed by atoms with Gasteiger partial charge in [-0.3, -0.25) is 19.4 Å². The molecule has 36 heavy (non-hydrogen) atoms. The third-order valence-corrected chi connectivity index (χ3v) is 6.18. The molecule has 0 radical (unpaired) electrons. The van der Waals surface area contributed by atoms with Gasteiger partial charge in [0.2, 0.25) is 5.91 Å². The first kappa shape index (κ1) is 27.7. The fraction of sp³-hybridized carbons (Fsp3) is 0.667. The summed E-state index contributed by atoms with van der Waals surface area (Å²) in [6.07, 6.45) is 3.94. The van der Waals surface area contributed by atoms with Crippen molar-refractivity contribution < 1.29 is 18.0 Å². The van der Waals surface area contributed by atoms with Crippen molar-refractivity contribution in [3.63, 3.8) is 0 Å². The average molecular weight is 511 g/mol. The first-order valence-corrected chi connectivity index (χ1v) is 12.5. The van der Waals surface area contributed by atoms with Gasteiger partial charge in [0, 0.05) is 58.1 Å². The van der Waals surface area contributed by atoms with Gasteiger partial charge in [-0.2, -0.15) is 18.3 Å². The highest BCUT2D eigenvalue weighted by molar-refractivity contribution is 6.03. The number of amides is 1. The number of rotatable bonds is 10. The zero-order chi connectivity index (χ0) is 26.1. The Bertz CT molecular complexity index is 947. The summed E-state index contributed by atoms with van der Waals surface area (Å²) in [7, 11) is 0. The number of aromatic nitrogens is 2. The van der Waals surface area contributed by atoms with Crippen LogP contribution in [0, 0.1) is 5.92 Å². The summed E-state index contributed by atoms with van der Waals surface area (Å²) in [6.45, 7) is 8.31. The molecule has 0 bridgehead atoms. The molecule has 1 aromatic rings. The normalized spacial score (nSPS) is 19.3. The lowest BCUT2D eigenvalue weighted by Crippen LogP contribution is -2.49. The molecular formula is C24H37F3N8O. The van der Waals surface area contributed by atoms with Gasteiger partial charge in [-0.1, -0.05) is 20.3 Å². The number of nitrogens with one attached hydrogen (secondary N) is 1. The molecule has 2 saturated heterocycles. The van der Waals surface area contributed by atoms with Crippen LogP contribution in [0.3, 0.4) is 0 Å². The van der Waals surface area contributed by atoms with Crippen molar-refractivity contribution in [2.75, 3.05) is 44.6 Å². The molecule has 1 aromatic heterocycles. The molecule has 2 aliphatic rings. The minimum atomic E-state index is -4.69.